The van der Waals surface area contributed by atoms with Gasteiger partial charge in [-0.3, -0.25) is 4.55 Å². The smallest absolute Gasteiger partial charge is 0.350 e. The van der Waals surface area contributed by atoms with Crippen molar-refractivity contribution in [2.45, 2.75) is 17.3 Å². The molecule has 1 N–H and O–H groups in total. The van der Waals surface area contributed by atoms with Crippen LogP contribution in [0, 0.1) is 6.92 Å². The van der Waals surface area contributed by atoms with Crippen molar-refractivity contribution in [3.63, 3.8) is 0 Å². The fourth-order valence-corrected chi connectivity index (χ4v) is 5.51. The van der Waals surface area contributed by atoms with E-state index in [1.807, 2.05) is 49.0 Å². The molecule has 0 spiro atoms. The van der Waals surface area contributed by atoms with Gasteiger partial charge in [-0.25, -0.2) is 17.4 Å². The number of halogens is 4. The number of hydrogen-bond acceptors (Lipinski definition) is 5. The molecule has 0 aliphatic heterocycles. The molecule has 38 heavy (non-hydrogen) atoms. The minimum atomic E-state index is -5.84. The van der Waals surface area contributed by atoms with Crippen molar-refractivity contribution in [3.8, 4) is 11.3 Å². The molecule has 0 saturated carbocycles. The number of pyridine rings is 1. The first-order chi connectivity index (χ1) is 17.6. The van der Waals surface area contributed by atoms with Crippen LogP contribution in [-0.2, 0) is 27.2 Å². The predicted octanol–water partition coefficient (Wildman–Crippen LogP) is 5.79. The van der Waals surface area contributed by atoms with E-state index in [4.69, 9.17) is 24.6 Å². The number of rotatable bonds is 3. The molecule has 5 aromatic rings. The van der Waals surface area contributed by atoms with Crippen LogP contribution in [0.5, 0.6) is 0 Å². The van der Waals surface area contributed by atoms with Crippen LogP contribution in [0.2, 0.25) is 5.02 Å². The normalized spacial score (nSPS) is 12.5. The minimum Gasteiger partial charge on any atom is -0.350 e. The molecule has 0 saturated heterocycles. The zero-order valence-corrected chi connectivity index (χ0v) is 22.1. The van der Waals surface area contributed by atoms with E-state index in [0.29, 0.717) is 21.7 Å². The van der Waals surface area contributed by atoms with Gasteiger partial charge in [-0.1, -0.05) is 47.5 Å². The molecule has 0 aliphatic rings. The summed E-state index contributed by atoms with van der Waals surface area (Å²) in [5.41, 5.74) is -1.89. The van der Waals surface area contributed by atoms with E-state index in [1.165, 1.54) is 10.2 Å². The summed E-state index contributed by atoms with van der Waals surface area (Å²) >= 11 is 6.42. The summed E-state index contributed by atoms with van der Waals surface area (Å²) < 4.78 is 88.3. The van der Waals surface area contributed by atoms with Crippen molar-refractivity contribution >= 4 is 53.7 Å². The zero-order valence-electron chi connectivity index (χ0n) is 19.7. The summed E-state index contributed by atoms with van der Waals surface area (Å²) in [5.74, 6) is 0. The van der Waals surface area contributed by atoms with Gasteiger partial charge in [0.25, 0.3) is 10.0 Å². The molecule has 2 aromatic carbocycles. The second-order valence-electron chi connectivity index (χ2n) is 8.23. The first-order valence-electron chi connectivity index (χ1n) is 10.7. The van der Waals surface area contributed by atoms with Crippen molar-refractivity contribution < 1.29 is 34.6 Å². The summed E-state index contributed by atoms with van der Waals surface area (Å²) in [6.45, 7) is 1.92. The molecule has 5 rings (SSSR count). The van der Waals surface area contributed by atoms with E-state index in [-0.39, 0.29) is 4.90 Å². The van der Waals surface area contributed by atoms with Crippen LogP contribution in [0.1, 0.15) is 5.56 Å². The maximum Gasteiger partial charge on any atom is 0.522 e. The Hall–Kier alpha value is -3.39. The van der Waals surface area contributed by atoms with E-state index >= 15 is 0 Å². The van der Waals surface area contributed by atoms with Gasteiger partial charge in [-0.15, -0.1) is 0 Å². The van der Waals surface area contributed by atoms with Crippen molar-refractivity contribution in [1.29, 1.82) is 0 Å². The molecule has 0 bridgehead atoms. The molecule has 8 nitrogen and oxygen atoms in total. The van der Waals surface area contributed by atoms with Crippen LogP contribution in [-0.4, -0.2) is 40.4 Å². The second-order valence-corrected chi connectivity index (χ2v) is 11.8. The largest absolute Gasteiger partial charge is 0.522 e. The number of nitrogens with zero attached hydrogens (tertiary/aromatic N) is 3. The van der Waals surface area contributed by atoms with Gasteiger partial charge in [0.05, 0.1) is 15.6 Å². The molecule has 3 heterocycles. The lowest BCUT2D eigenvalue weighted by atomic mass is 10.1. The molecule has 0 unspecified atom stereocenters. The van der Waals surface area contributed by atoms with Gasteiger partial charge in [0, 0.05) is 41.3 Å². The minimum absolute atomic E-state index is 0.203. The predicted molar refractivity (Wildman–Crippen MR) is 138 cm³/mol. The van der Waals surface area contributed by atoms with Crippen LogP contribution >= 0.6 is 11.6 Å². The van der Waals surface area contributed by atoms with Gasteiger partial charge in [-0.05, 0) is 37.3 Å². The van der Waals surface area contributed by atoms with Gasteiger partial charge >= 0.3 is 15.6 Å². The van der Waals surface area contributed by atoms with E-state index in [2.05, 4.69) is 4.98 Å². The zero-order chi connectivity index (χ0) is 28.0. The van der Waals surface area contributed by atoms with E-state index in [9.17, 15) is 21.6 Å². The molecular weight excluding hydrogens is 567 g/mol. The maximum absolute atomic E-state index is 13.7. The van der Waals surface area contributed by atoms with Gasteiger partial charge < -0.3 is 4.57 Å². The number of aromatic nitrogens is 3. The Morgan fingerprint density at radius 2 is 1.55 bits per heavy atom. The number of para-hydroxylation sites is 1. The van der Waals surface area contributed by atoms with Gasteiger partial charge in [0.1, 0.15) is 0 Å². The van der Waals surface area contributed by atoms with Gasteiger partial charge in [0.2, 0.25) is 0 Å². The highest BCUT2D eigenvalue weighted by Gasteiger charge is 2.44. The van der Waals surface area contributed by atoms with Crippen LogP contribution in [0.4, 0.5) is 13.2 Å². The highest BCUT2D eigenvalue weighted by atomic mass is 35.5. The van der Waals surface area contributed by atoms with E-state index in [1.54, 1.807) is 36.4 Å². The number of alkyl halides is 3. The van der Waals surface area contributed by atoms with Gasteiger partial charge in [-0.2, -0.15) is 21.6 Å². The summed E-state index contributed by atoms with van der Waals surface area (Å²) in [7, 11) is -7.80. The molecule has 14 heteroatoms. The van der Waals surface area contributed by atoms with Crippen molar-refractivity contribution in [2.75, 3.05) is 0 Å². The summed E-state index contributed by atoms with van der Waals surface area (Å²) in [6, 6.07) is 18.2. The monoisotopic (exact) mass is 585 g/mol. The third-order valence-corrected chi connectivity index (χ3v) is 8.27. The first-order valence-corrected chi connectivity index (χ1v) is 13.9. The second kappa shape index (κ2) is 9.73. The summed E-state index contributed by atoms with van der Waals surface area (Å²) in [6.07, 6.45) is 3.46. The highest BCUT2D eigenvalue weighted by molar-refractivity contribution is 7.90. The Morgan fingerprint density at radius 1 is 0.947 bits per heavy atom. The Bertz CT molecular complexity index is 1880. The quantitative estimate of drug-likeness (QED) is 0.212. The number of fused-ring (bicyclic) bond motifs is 2. The molecule has 0 aliphatic carbocycles. The van der Waals surface area contributed by atoms with Gasteiger partial charge in [0.15, 0.2) is 5.65 Å². The van der Waals surface area contributed by atoms with Crippen molar-refractivity contribution in [1.82, 2.24) is 13.5 Å². The average molecular weight is 586 g/mol. The fraction of sp³-hybridized carbons (Fsp3) is 0.125. The number of benzene rings is 2. The Kier molecular flexibility index (Phi) is 7.08. The number of aryl methyl sites for hydroxylation is 2. The van der Waals surface area contributed by atoms with Crippen LogP contribution in [0.15, 0.2) is 78.0 Å². The molecule has 0 radical (unpaired) electrons. The molecule has 0 fully saturated rings. The molecule has 200 valence electrons. The standard InChI is InChI=1S/C23H18ClN3O2S.CHF3O3S/c1-15-7-9-16(10-8-15)30(28,29)27-22(13-18-20(24)11-12-25-23(18)27)19-14-26(2)21-6-4-3-5-17(19)21;2-1(3,4)8(5,6)7/h3-14H,1-2H3;(H,5,6,7). The highest BCUT2D eigenvalue weighted by Crippen LogP contribution is 2.38. The van der Waals surface area contributed by atoms with Crippen molar-refractivity contribution in [2.24, 2.45) is 7.05 Å². The molecular formula is C24H19ClF3N3O5S2. The Labute approximate surface area is 220 Å². The average Bonchev–Trinajstić information content (AvgIpc) is 3.38. The molecule has 0 amide bonds. The van der Waals surface area contributed by atoms with Crippen LogP contribution in [0.25, 0.3) is 33.2 Å². The third-order valence-electron chi connectivity index (χ3n) is 5.63. The van der Waals surface area contributed by atoms with E-state index < -0.39 is 25.6 Å². The number of hydrogen-bond donors (Lipinski definition) is 1. The molecule has 0 atom stereocenters. The van der Waals surface area contributed by atoms with Crippen molar-refractivity contribution in [3.05, 3.63) is 83.6 Å². The Balaban J connectivity index is 0.000000368. The lowest BCUT2D eigenvalue weighted by Crippen LogP contribution is -2.21. The molecule has 3 aromatic heterocycles. The van der Waals surface area contributed by atoms with Crippen LogP contribution < -0.4 is 0 Å². The summed E-state index contributed by atoms with van der Waals surface area (Å²) in [4.78, 5) is 4.58. The fourth-order valence-electron chi connectivity index (χ4n) is 3.84. The topological polar surface area (TPSA) is 111 Å². The summed E-state index contributed by atoms with van der Waals surface area (Å²) in [5, 5.41) is 2.01. The lowest BCUT2D eigenvalue weighted by Gasteiger charge is -2.11. The first kappa shape index (κ1) is 27.6. The lowest BCUT2D eigenvalue weighted by molar-refractivity contribution is -0.0510. The SMILES string of the molecule is Cc1ccc(S(=O)(=O)n2c(-c3cn(C)c4ccccc34)cc3c(Cl)ccnc32)cc1.O=S(=O)(O)C(F)(F)F. The third kappa shape index (κ3) is 5.01. The Morgan fingerprint density at radius 3 is 2.16 bits per heavy atom. The maximum atomic E-state index is 13.7. The van der Waals surface area contributed by atoms with E-state index in [0.717, 1.165) is 22.0 Å². The van der Waals surface area contributed by atoms with Crippen LogP contribution in [0.3, 0.4) is 0 Å².